The molecule has 0 radical (unpaired) electrons. The summed E-state index contributed by atoms with van der Waals surface area (Å²) in [5, 5.41) is 7.06. The molecule has 1 unspecified atom stereocenters. The number of rotatable bonds is 9. The van der Waals surface area contributed by atoms with Crippen LogP contribution in [-0.2, 0) is 4.74 Å². The first-order valence-corrected chi connectivity index (χ1v) is 11.1. The maximum Gasteiger partial charge on any atom is 0.204 e. The van der Waals surface area contributed by atoms with Crippen LogP contribution in [0.3, 0.4) is 0 Å². The standard InChI is InChI=1S/C21H31ClN4O3/c1-27-19-12-18-17(11-20(19)29-8-2-6-22)25-21(24-14-15-3-7-23-13-15)26(18)16-4-9-28-10-5-16/h11-12,15-16,23H,2-10,13-14H2,1H3,(H,24,25). The van der Waals surface area contributed by atoms with Crippen LogP contribution in [0.5, 0.6) is 11.5 Å². The van der Waals surface area contributed by atoms with Crippen molar-refractivity contribution in [2.24, 2.45) is 5.92 Å². The average Bonchev–Trinajstić information content (AvgIpc) is 3.39. The Hall–Kier alpha value is -1.70. The maximum atomic E-state index is 5.91. The van der Waals surface area contributed by atoms with Crippen molar-refractivity contribution in [2.75, 3.05) is 57.8 Å². The number of halogens is 1. The summed E-state index contributed by atoms with van der Waals surface area (Å²) in [6.07, 6.45) is 3.97. The van der Waals surface area contributed by atoms with Gasteiger partial charge in [-0.1, -0.05) is 0 Å². The summed E-state index contributed by atoms with van der Waals surface area (Å²) in [4.78, 5) is 4.94. The van der Waals surface area contributed by atoms with E-state index in [4.69, 9.17) is 30.8 Å². The third-order valence-electron chi connectivity index (χ3n) is 5.78. The molecule has 7 nitrogen and oxygen atoms in total. The van der Waals surface area contributed by atoms with E-state index in [2.05, 4.69) is 21.3 Å². The SMILES string of the molecule is COc1cc2c(cc1OCCCCl)nc(NCC1CCNC1)n2C1CCOCC1. The Labute approximate surface area is 177 Å². The molecule has 2 saturated heterocycles. The van der Waals surface area contributed by atoms with Gasteiger partial charge < -0.3 is 29.4 Å². The highest BCUT2D eigenvalue weighted by atomic mass is 35.5. The number of methoxy groups -OCH3 is 1. The molecule has 1 aromatic heterocycles. The maximum absolute atomic E-state index is 5.91. The quantitative estimate of drug-likeness (QED) is 0.476. The lowest BCUT2D eigenvalue weighted by molar-refractivity contribution is 0.0710. The van der Waals surface area contributed by atoms with Gasteiger partial charge in [0.05, 0.1) is 24.8 Å². The Morgan fingerprint density at radius 2 is 2.14 bits per heavy atom. The van der Waals surface area contributed by atoms with Crippen molar-refractivity contribution >= 4 is 28.6 Å². The fourth-order valence-corrected chi connectivity index (χ4v) is 4.28. The first-order chi connectivity index (χ1) is 14.3. The molecule has 1 aromatic carbocycles. The van der Waals surface area contributed by atoms with Crippen molar-refractivity contribution in [2.45, 2.75) is 31.7 Å². The minimum Gasteiger partial charge on any atom is -0.493 e. The van der Waals surface area contributed by atoms with Crippen LogP contribution >= 0.6 is 11.6 Å². The van der Waals surface area contributed by atoms with Gasteiger partial charge in [-0.15, -0.1) is 11.6 Å². The van der Waals surface area contributed by atoms with E-state index in [1.807, 2.05) is 6.07 Å². The van der Waals surface area contributed by atoms with Crippen LogP contribution in [0.25, 0.3) is 11.0 Å². The third kappa shape index (κ3) is 4.73. The molecular formula is C21H31ClN4O3. The van der Waals surface area contributed by atoms with Gasteiger partial charge in [0, 0.05) is 43.8 Å². The zero-order valence-electron chi connectivity index (χ0n) is 17.1. The van der Waals surface area contributed by atoms with E-state index in [9.17, 15) is 0 Å². The molecule has 29 heavy (non-hydrogen) atoms. The smallest absolute Gasteiger partial charge is 0.204 e. The van der Waals surface area contributed by atoms with E-state index < -0.39 is 0 Å². The summed E-state index contributed by atoms with van der Waals surface area (Å²) in [5.41, 5.74) is 2.00. The van der Waals surface area contributed by atoms with Crippen LogP contribution in [0, 0.1) is 5.92 Å². The number of nitrogens with zero attached hydrogens (tertiary/aromatic N) is 2. The fraction of sp³-hybridized carbons (Fsp3) is 0.667. The van der Waals surface area contributed by atoms with Crippen LogP contribution in [0.1, 0.15) is 31.7 Å². The highest BCUT2D eigenvalue weighted by molar-refractivity contribution is 6.17. The zero-order chi connectivity index (χ0) is 20.1. The van der Waals surface area contributed by atoms with E-state index in [-0.39, 0.29) is 0 Å². The van der Waals surface area contributed by atoms with Crippen LogP contribution in [0.2, 0.25) is 0 Å². The molecule has 2 aromatic rings. The van der Waals surface area contributed by atoms with Crippen molar-refractivity contribution in [3.8, 4) is 11.5 Å². The van der Waals surface area contributed by atoms with E-state index in [1.165, 1.54) is 6.42 Å². The highest BCUT2D eigenvalue weighted by Crippen LogP contribution is 2.37. The number of ether oxygens (including phenoxy) is 3. The minimum absolute atomic E-state index is 0.366. The Bertz CT molecular complexity index is 801. The lowest BCUT2D eigenvalue weighted by atomic mass is 10.1. The van der Waals surface area contributed by atoms with Crippen LogP contribution in [-0.4, -0.2) is 62.0 Å². The number of alkyl halides is 1. The molecule has 3 heterocycles. The minimum atomic E-state index is 0.366. The Balaban J connectivity index is 1.66. The van der Waals surface area contributed by atoms with E-state index in [0.29, 0.717) is 30.2 Å². The van der Waals surface area contributed by atoms with Gasteiger partial charge in [-0.25, -0.2) is 4.98 Å². The largest absolute Gasteiger partial charge is 0.493 e. The number of benzene rings is 1. The van der Waals surface area contributed by atoms with Gasteiger partial charge in [-0.05, 0) is 44.7 Å². The summed E-state index contributed by atoms with van der Waals surface area (Å²) in [5.74, 6) is 3.59. The number of anilines is 1. The summed E-state index contributed by atoms with van der Waals surface area (Å²) in [7, 11) is 1.68. The second-order valence-electron chi connectivity index (χ2n) is 7.77. The van der Waals surface area contributed by atoms with Crippen LogP contribution in [0.4, 0.5) is 5.95 Å². The third-order valence-corrected chi connectivity index (χ3v) is 6.04. The summed E-state index contributed by atoms with van der Waals surface area (Å²) in [6.45, 7) is 5.22. The number of aromatic nitrogens is 2. The molecule has 2 N–H and O–H groups in total. The molecule has 0 spiro atoms. The van der Waals surface area contributed by atoms with Crippen molar-refractivity contribution in [3.63, 3.8) is 0 Å². The Morgan fingerprint density at radius 1 is 1.28 bits per heavy atom. The number of fused-ring (bicyclic) bond motifs is 1. The van der Waals surface area contributed by atoms with Crippen molar-refractivity contribution in [1.82, 2.24) is 14.9 Å². The molecule has 2 aliphatic heterocycles. The molecular weight excluding hydrogens is 392 g/mol. The number of hydrogen-bond donors (Lipinski definition) is 2. The van der Waals surface area contributed by atoms with Gasteiger partial charge >= 0.3 is 0 Å². The van der Waals surface area contributed by atoms with Crippen molar-refractivity contribution in [3.05, 3.63) is 12.1 Å². The monoisotopic (exact) mass is 422 g/mol. The highest BCUT2D eigenvalue weighted by Gasteiger charge is 2.24. The van der Waals surface area contributed by atoms with Crippen molar-refractivity contribution < 1.29 is 14.2 Å². The predicted molar refractivity (Wildman–Crippen MR) is 116 cm³/mol. The Kier molecular flexibility index (Phi) is 7.00. The lowest BCUT2D eigenvalue weighted by Gasteiger charge is -2.26. The van der Waals surface area contributed by atoms with Gasteiger partial charge in [-0.2, -0.15) is 0 Å². The predicted octanol–water partition coefficient (Wildman–Crippen LogP) is 3.43. The van der Waals surface area contributed by atoms with Crippen LogP contribution < -0.4 is 20.1 Å². The second kappa shape index (κ2) is 9.87. The van der Waals surface area contributed by atoms with E-state index >= 15 is 0 Å². The van der Waals surface area contributed by atoms with Gasteiger partial charge in [0.2, 0.25) is 5.95 Å². The van der Waals surface area contributed by atoms with Gasteiger partial charge in [-0.3, -0.25) is 0 Å². The molecule has 1 atom stereocenters. The average molecular weight is 423 g/mol. The molecule has 0 saturated carbocycles. The number of hydrogen-bond acceptors (Lipinski definition) is 6. The molecule has 0 aliphatic carbocycles. The fourth-order valence-electron chi connectivity index (χ4n) is 4.17. The molecule has 2 aliphatic rings. The van der Waals surface area contributed by atoms with E-state index in [0.717, 1.165) is 74.8 Å². The summed E-state index contributed by atoms with van der Waals surface area (Å²) >= 11 is 5.79. The first kappa shape index (κ1) is 20.6. The molecule has 0 bridgehead atoms. The first-order valence-electron chi connectivity index (χ1n) is 10.6. The lowest BCUT2D eigenvalue weighted by Crippen LogP contribution is -2.23. The summed E-state index contributed by atoms with van der Waals surface area (Å²) < 4.78 is 19.5. The number of nitrogens with one attached hydrogen (secondary N) is 2. The van der Waals surface area contributed by atoms with Gasteiger partial charge in [0.1, 0.15) is 0 Å². The van der Waals surface area contributed by atoms with E-state index in [1.54, 1.807) is 7.11 Å². The topological polar surface area (TPSA) is 69.6 Å². The van der Waals surface area contributed by atoms with Gasteiger partial charge in [0.15, 0.2) is 11.5 Å². The second-order valence-corrected chi connectivity index (χ2v) is 8.15. The number of imidazole rings is 1. The molecule has 2 fully saturated rings. The molecule has 8 heteroatoms. The molecule has 160 valence electrons. The van der Waals surface area contributed by atoms with Crippen molar-refractivity contribution in [1.29, 1.82) is 0 Å². The van der Waals surface area contributed by atoms with Crippen LogP contribution in [0.15, 0.2) is 12.1 Å². The molecule has 0 amide bonds. The van der Waals surface area contributed by atoms with Gasteiger partial charge in [0.25, 0.3) is 0 Å². The molecule has 4 rings (SSSR count). The summed E-state index contributed by atoms with van der Waals surface area (Å²) in [6, 6.07) is 4.40. The zero-order valence-corrected chi connectivity index (χ0v) is 17.8. The normalized spacial score (nSPS) is 20.3. The Morgan fingerprint density at radius 3 is 2.86 bits per heavy atom.